The van der Waals surface area contributed by atoms with Crippen molar-refractivity contribution in [3.05, 3.63) is 23.3 Å². The zero-order valence-corrected chi connectivity index (χ0v) is 7.47. The lowest BCUT2D eigenvalue weighted by atomic mass is 9.90. The van der Waals surface area contributed by atoms with Crippen LogP contribution >= 0.6 is 23.2 Å². The lowest BCUT2D eigenvalue weighted by molar-refractivity contribution is 0.729. The highest BCUT2D eigenvalue weighted by Gasteiger charge is 2.35. The SMILES string of the molecule is N#CC1C=C(Cl)C=CC1(Cl)C#N. The maximum atomic E-state index is 8.68. The summed E-state index contributed by atoms with van der Waals surface area (Å²) in [6.07, 6.45) is 4.42. The van der Waals surface area contributed by atoms with Gasteiger partial charge in [-0.05, 0) is 18.2 Å². The van der Waals surface area contributed by atoms with Gasteiger partial charge in [0.2, 0.25) is 0 Å². The minimum atomic E-state index is -1.26. The highest BCUT2D eigenvalue weighted by Crippen LogP contribution is 2.33. The Kier molecular flexibility index (Phi) is 2.43. The lowest BCUT2D eigenvalue weighted by Gasteiger charge is -2.20. The molecule has 0 aromatic rings. The number of rotatable bonds is 0. The van der Waals surface area contributed by atoms with E-state index in [0.717, 1.165) is 0 Å². The van der Waals surface area contributed by atoms with Crippen molar-refractivity contribution in [3.8, 4) is 12.1 Å². The number of nitrogens with zero attached hydrogens (tertiary/aromatic N) is 2. The van der Waals surface area contributed by atoms with Gasteiger partial charge in [0.1, 0.15) is 5.92 Å². The van der Waals surface area contributed by atoms with E-state index < -0.39 is 10.8 Å². The summed E-state index contributed by atoms with van der Waals surface area (Å²) in [7, 11) is 0. The molecule has 0 amide bonds. The molecule has 1 aliphatic rings. The van der Waals surface area contributed by atoms with Crippen LogP contribution in [0.4, 0.5) is 0 Å². The molecule has 0 aromatic carbocycles. The average molecular weight is 199 g/mol. The van der Waals surface area contributed by atoms with Crippen molar-refractivity contribution in [2.45, 2.75) is 4.87 Å². The molecule has 0 saturated heterocycles. The Morgan fingerprint density at radius 3 is 2.67 bits per heavy atom. The van der Waals surface area contributed by atoms with Gasteiger partial charge in [0.15, 0.2) is 4.87 Å². The maximum absolute atomic E-state index is 8.68. The summed E-state index contributed by atoms with van der Waals surface area (Å²) in [5.74, 6) is -0.679. The molecule has 2 unspecified atom stereocenters. The van der Waals surface area contributed by atoms with E-state index in [1.807, 2.05) is 12.1 Å². The molecule has 1 rings (SSSR count). The Hall–Kier alpha value is -0.960. The van der Waals surface area contributed by atoms with Crippen LogP contribution in [0.25, 0.3) is 0 Å². The summed E-state index contributed by atoms with van der Waals surface area (Å²) in [6, 6.07) is 3.76. The van der Waals surface area contributed by atoms with Crippen LogP contribution in [-0.4, -0.2) is 4.87 Å². The lowest BCUT2D eigenvalue weighted by Crippen LogP contribution is -2.27. The highest BCUT2D eigenvalue weighted by molar-refractivity contribution is 6.32. The first-order valence-corrected chi connectivity index (χ1v) is 3.94. The standard InChI is InChI=1S/C8H4Cl2N2/c9-7-1-2-8(10,5-12)6(3-7)4-11/h1-3,6H. The second-order valence-corrected chi connectivity index (χ2v) is 3.43. The molecular weight excluding hydrogens is 195 g/mol. The number of allylic oxidation sites excluding steroid dienone is 4. The first kappa shape index (κ1) is 9.13. The summed E-state index contributed by atoms with van der Waals surface area (Å²) in [5, 5.41) is 17.8. The minimum absolute atomic E-state index is 0.438. The molecular formula is C8H4Cl2N2. The molecule has 0 aliphatic heterocycles. The smallest absolute Gasteiger partial charge is 0.168 e. The van der Waals surface area contributed by atoms with Gasteiger partial charge in [0.25, 0.3) is 0 Å². The van der Waals surface area contributed by atoms with E-state index >= 15 is 0 Å². The molecule has 0 aromatic heterocycles. The molecule has 0 radical (unpaired) electrons. The Morgan fingerprint density at radius 2 is 2.17 bits per heavy atom. The second-order valence-electron chi connectivity index (χ2n) is 2.37. The van der Waals surface area contributed by atoms with Crippen LogP contribution in [0.3, 0.4) is 0 Å². The monoisotopic (exact) mass is 198 g/mol. The van der Waals surface area contributed by atoms with Crippen molar-refractivity contribution in [1.82, 2.24) is 0 Å². The number of hydrogen-bond acceptors (Lipinski definition) is 2. The fourth-order valence-corrected chi connectivity index (χ4v) is 1.24. The quantitative estimate of drug-likeness (QED) is 0.562. The average Bonchev–Trinajstić information content (AvgIpc) is 2.09. The van der Waals surface area contributed by atoms with E-state index in [4.69, 9.17) is 33.7 Å². The third-order valence-corrected chi connectivity index (χ3v) is 2.27. The molecule has 0 bridgehead atoms. The van der Waals surface area contributed by atoms with Gasteiger partial charge in [-0.1, -0.05) is 23.2 Å². The van der Waals surface area contributed by atoms with Gasteiger partial charge in [-0.2, -0.15) is 10.5 Å². The van der Waals surface area contributed by atoms with Crippen molar-refractivity contribution in [1.29, 1.82) is 10.5 Å². The fraction of sp³-hybridized carbons (Fsp3) is 0.250. The van der Waals surface area contributed by atoms with E-state index in [0.29, 0.717) is 5.03 Å². The summed E-state index contributed by atoms with van der Waals surface area (Å²) >= 11 is 11.4. The van der Waals surface area contributed by atoms with Crippen LogP contribution in [0.1, 0.15) is 0 Å². The molecule has 60 valence electrons. The van der Waals surface area contributed by atoms with Crippen LogP contribution in [0.2, 0.25) is 0 Å². The van der Waals surface area contributed by atoms with Crippen LogP contribution in [0.15, 0.2) is 23.3 Å². The Labute approximate surface area is 80.3 Å². The second kappa shape index (κ2) is 3.19. The van der Waals surface area contributed by atoms with Crippen molar-refractivity contribution >= 4 is 23.2 Å². The fourth-order valence-electron chi connectivity index (χ4n) is 0.879. The van der Waals surface area contributed by atoms with E-state index in [-0.39, 0.29) is 0 Å². The Bertz CT molecular complexity index is 332. The Balaban J connectivity index is 3.07. The van der Waals surface area contributed by atoms with Gasteiger partial charge in [-0.3, -0.25) is 0 Å². The van der Waals surface area contributed by atoms with Crippen molar-refractivity contribution < 1.29 is 0 Å². The third-order valence-electron chi connectivity index (χ3n) is 1.57. The van der Waals surface area contributed by atoms with Crippen molar-refractivity contribution in [2.75, 3.05) is 0 Å². The number of halogens is 2. The molecule has 0 fully saturated rings. The minimum Gasteiger partial charge on any atom is -0.198 e. The zero-order chi connectivity index (χ0) is 9.19. The van der Waals surface area contributed by atoms with Crippen molar-refractivity contribution in [2.24, 2.45) is 5.92 Å². The Morgan fingerprint density at radius 1 is 1.50 bits per heavy atom. The first-order valence-electron chi connectivity index (χ1n) is 3.19. The van der Waals surface area contributed by atoms with Gasteiger partial charge in [-0.25, -0.2) is 0 Å². The van der Waals surface area contributed by atoms with E-state index in [2.05, 4.69) is 0 Å². The topological polar surface area (TPSA) is 47.6 Å². The predicted octanol–water partition coefficient (Wildman–Crippen LogP) is 2.32. The molecule has 0 spiro atoms. The van der Waals surface area contributed by atoms with Crippen molar-refractivity contribution in [3.63, 3.8) is 0 Å². The predicted molar refractivity (Wildman–Crippen MR) is 46.4 cm³/mol. The zero-order valence-electron chi connectivity index (χ0n) is 5.96. The summed E-state index contributed by atoms with van der Waals surface area (Å²) in [4.78, 5) is -1.26. The highest BCUT2D eigenvalue weighted by atomic mass is 35.5. The molecule has 0 N–H and O–H groups in total. The first-order chi connectivity index (χ1) is 5.62. The third kappa shape index (κ3) is 1.46. The largest absolute Gasteiger partial charge is 0.198 e. The molecule has 1 aliphatic carbocycles. The number of nitriles is 2. The molecule has 0 saturated carbocycles. The van der Waals surface area contributed by atoms with Gasteiger partial charge >= 0.3 is 0 Å². The molecule has 12 heavy (non-hydrogen) atoms. The van der Waals surface area contributed by atoms with E-state index in [1.54, 1.807) is 0 Å². The summed E-state index contributed by atoms with van der Waals surface area (Å²) in [5.41, 5.74) is 0. The van der Waals surface area contributed by atoms with Crippen LogP contribution in [-0.2, 0) is 0 Å². The van der Waals surface area contributed by atoms with Gasteiger partial charge < -0.3 is 0 Å². The van der Waals surface area contributed by atoms with Crippen LogP contribution in [0, 0.1) is 28.6 Å². The maximum Gasteiger partial charge on any atom is 0.168 e. The van der Waals surface area contributed by atoms with Gasteiger partial charge in [-0.15, -0.1) is 0 Å². The van der Waals surface area contributed by atoms with Gasteiger partial charge in [0, 0.05) is 5.03 Å². The van der Waals surface area contributed by atoms with Crippen LogP contribution < -0.4 is 0 Å². The van der Waals surface area contributed by atoms with Crippen LogP contribution in [0.5, 0.6) is 0 Å². The summed E-state index contributed by atoms with van der Waals surface area (Å²) in [6.45, 7) is 0. The number of hydrogen-bond donors (Lipinski definition) is 0. The van der Waals surface area contributed by atoms with E-state index in [9.17, 15) is 0 Å². The molecule has 2 nitrogen and oxygen atoms in total. The van der Waals surface area contributed by atoms with Gasteiger partial charge in [0.05, 0.1) is 12.1 Å². The normalized spacial score (nSPS) is 33.3. The summed E-state index contributed by atoms with van der Waals surface area (Å²) < 4.78 is 0. The van der Waals surface area contributed by atoms with E-state index in [1.165, 1.54) is 18.2 Å². The molecule has 4 heteroatoms. The molecule has 2 atom stereocenters. The molecule has 0 heterocycles. The number of alkyl halides is 1.